The Balaban J connectivity index is 1.90. The number of ether oxygens (including phenoxy) is 3. The number of fused-ring (bicyclic) bond motifs is 4. The highest BCUT2D eigenvalue weighted by Crippen LogP contribution is 2.49. The van der Waals surface area contributed by atoms with Gasteiger partial charge < -0.3 is 14.2 Å². The summed E-state index contributed by atoms with van der Waals surface area (Å²) in [6, 6.07) is 17.6. The van der Waals surface area contributed by atoms with E-state index in [1.54, 1.807) is 7.11 Å². The SMILES string of the molecule is COc1ccc2c(c1)Oc1c(ccc3ccccc13)O2. The molecule has 0 fully saturated rings. The second-order valence-corrected chi connectivity index (χ2v) is 4.63. The van der Waals surface area contributed by atoms with Crippen molar-refractivity contribution in [3.63, 3.8) is 0 Å². The van der Waals surface area contributed by atoms with Gasteiger partial charge in [-0.3, -0.25) is 0 Å². The minimum absolute atomic E-state index is 0.674. The molecule has 3 aromatic carbocycles. The van der Waals surface area contributed by atoms with E-state index in [1.807, 2.05) is 48.5 Å². The van der Waals surface area contributed by atoms with E-state index < -0.39 is 0 Å². The molecule has 1 heterocycles. The van der Waals surface area contributed by atoms with Crippen molar-refractivity contribution in [1.82, 2.24) is 0 Å². The molecule has 0 unspecified atom stereocenters. The average molecular weight is 264 g/mol. The van der Waals surface area contributed by atoms with Crippen molar-refractivity contribution < 1.29 is 14.2 Å². The zero-order valence-corrected chi connectivity index (χ0v) is 10.9. The summed E-state index contributed by atoms with van der Waals surface area (Å²) in [4.78, 5) is 0. The van der Waals surface area contributed by atoms with Gasteiger partial charge in [0.25, 0.3) is 0 Å². The summed E-state index contributed by atoms with van der Waals surface area (Å²) in [5.41, 5.74) is 0. The van der Waals surface area contributed by atoms with Crippen molar-refractivity contribution in [2.45, 2.75) is 0 Å². The maximum absolute atomic E-state index is 6.03. The standard InChI is InChI=1S/C17H12O3/c1-18-12-7-9-14-16(10-12)20-17-13-5-3-2-4-11(13)6-8-15(17)19-14/h2-10H,1H3. The van der Waals surface area contributed by atoms with Gasteiger partial charge in [-0.1, -0.05) is 30.3 Å². The van der Waals surface area contributed by atoms with Crippen LogP contribution in [0.1, 0.15) is 0 Å². The summed E-state index contributed by atoms with van der Waals surface area (Å²) in [6.07, 6.45) is 0. The van der Waals surface area contributed by atoms with Gasteiger partial charge in [0, 0.05) is 11.5 Å². The first-order valence-corrected chi connectivity index (χ1v) is 6.40. The Morgan fingerprint density at radius 2 is 1.65 bits per heavy atom. The molecule has 0 bridgehead atoms. The Morgan fingerprint density at radius 1 is 0.800 bits per heavy atom. The van der Waals surface area contributed by atoms with Crippen LogP contribution in [-0.2, 0) is 0 Å². The van der Waals surface area contributed by atoms with Crippen molar-refractivity contribution in [1.29, 1.82) is 0 Å². The molecule has 0 atom stereocenters. The van der Waals surface area contributed by atoms with Gasteiger partial charge >= 0.3 is 0 Å². The third-order valence-corrected chi connectivity index (χ3v) is 3.43. The highest BCUT2D eigenvalue weighted by molar-refractivity contribution is 5.91. The Labute approximate surface area is 116 Å². The zero-order valence-electron chi connectivity index (χ0n) is 10.9. The van der Waals surface area contributed by atoms with Gasteiger partial charge in [-0.15, -0.1) is 0 Å². The number of hydrogen-bond acceptors (Lipinski definition) is 3. The van der Waals surface area contributed by atoms with Crippen LogP contribution in [0.5, 0.6) is 28.7 Å². The van der Waals surface area contributed by atoms with Gasteiger partial charge in [0.2, 0.25) is 0 Å². The van der Waals surface area contributed by atoms with Crippen LogP contribution < -0.4 is 14.2 Å². The summed E-state index contributed by atoms with van der Waals surface area (Å²) in [6.45, 7) is 0. The van der Waals surface area contributed by atoms with E-state index in [2.05, 4.69) is 6.07 Å². The molecule has 3 heteroatoms. The zero-order chi connectivity index (χ0) is 13.5. The average Bonchev–Trinajstić information content (AvgIpc) is 2.52. The van der Waals surface area contributed by atoms with Gasteiger partial charge in [0.1, 0.15) is 5.75 Å². The van der Waals surface area contributed by atoms with E-state index >= 15 is 0 Å². The van der Waals surface area contributed by atoms with Crippen molar-refractivity contribution in [2.24, 2.45) is 0 Å². The van der Waals surface area contributed by atoms with Crippen LogP contribution in [0.25, 0.3) is 10.8 Å². The van der Waals surface area contributed by atoms with Gasteiger partial charge in [-0.25, -0.2) is 0 Å². The van der Waals surface area contributed by atoms with E-state index in [9.17, 15) is 0 Å². The molecule has 1 aliphatic rings. The van der Waals surface area contributed by atoms with Crippen LogP contribution in [0.15, 0.2) is 54.6 Å². The third-order valence-electron chi connectivity index (χ3n) is 3.43. The number of benzene rings is 3. The lowest BCUT2D eigenvalue weighted by molar-refractivity contribution is 0.356. The molecule has 0 amide bonds. The fourth-order valence-electron chi connectivity index (χ4n) is 2.42. The molecule has 3 nitrogen and oxygen atoms in total. The molecule has 1 aliphatic heterocycles. The first-order chi connectivity index (χ1) is 9.85. The number of rotatable bonds is 1. The molecular formula is C17H12O3. The summed E-state index contributed by atoms with van der Waals surface area (Å²) >= 11 is 0. The lowest BCUT2D eigenvalue weighted by atomic mass is 10.1. The van der Waals surface area contributed by atoms with Crippen molar-refractivity contribution in [3.8, 4) is 28.7 Å². The normalized spacial score (nSPS) is 12.1. The largest absolute Gasteiger partial charge is 0.497 e. The molecular weight excluding hydrogens is 252 g/mol. The van der Waals surface area contributed by atoms with E-state index in [0.717, 1.165) is 28.0 Å². The smallest absolute Gasteiger partial charge is 0.177 e. The Kier molecular flexibility index (Phi) is 2.33. The van der Waals surface area contributed by atoms with Crippen molar-refractivity contribution >= 4 is 10.8 Å². The Bertz CT molecular complexity index is 808. The van der Waals surface area contributed by atoms with Gasteiger partial charge in [-0.05, 0) is 23.6 Å². The minimum Gasteiger partial charge on any atom is -0.497 e. The lowest BCUT2D eigenvalue weighted by Crippen LogP contribution is -1.99. The fraction of sp³-hybridized carbons (Fsp3) is 0.0588. The van der Waals surface area contributed by atoms with Crippen LogP contribution in [-0.4, -0.2) is 7.11 Å². The Morgan fingerprint density at radius 3 is 2.55 bits per heavy atom. The van der Waals surface area contributed by atoms with Crippen LogP contribution in [0.2, 0.25) is 0 Å². The minimum atomic E-state index is 0.674. The second kappa shape index (κ2) is 4.17. The third kappa shape index (κ3) is 1.60. The van der Waals surface area contributed by atoms with E-state index in [4.69, 9.17) is 14.2 Å². The maximum atomic E-state index is 6.03. The van der Waals surface area contributed by atoms with E-state index in [-0.39, 0.29) is 0 Å². The molecule has 0 saturated heterocycles. The topological polar surface area (TPSA) is 27.7 Å². The Hall–Kier alpha value is -2.68. The molecule has 0 aliphatic carbocycles. The molecule has 0 spiro atoms. The van der Waals surface area contributed by atoms with Gasteiger partial charge in [0.05, 0.1) is 7.11 Å². The first kappa shape index (κ1) is 11.2. The maximum Gasteiger partial charge on any atom is 0.177 e. The predicted octanol–water partition coefficient (Wildman–Crippen LogP) is 4.75. The van der Waals surface area contributed by atoms with Crippen molar-refractivity contribution in [3.05, 3.63) is 54.6 Å². The second-order valence-electron chi connectivity index (χ2n) is 4.63. The summed E-state index contributed by atoms with van der Waals surface area (Å²) < 4.78 is 17.2. The molecule has 0 saturated carbocycles. The quantitative estimate of drug-likeness (QED) is 0.496. The highest BCUT2D eigenvalue weighted by Gasteiger charge is 2.21. The molecule has 3 aromatic rings. The van der Waals surface area contributed by atoms with Crippen LogP contribution in [0, 0.1) is 0 Å². The summed E-state index contributed by atoms with van der Waals surface area (Å²) in [7, 11) is 1.63. The molecule has 98 valence electrons. The number of hydrogen-bond donors (Lipinski definition) is 0. The lowest BCUT2D eigenvalue weighted by Gasteiger charge is -2.22. The summed E-state index contributed by atoms with van der Waals surface area (Å²) in [5.74, 6) is 3.61. The van der Waals surface area contributed by atoms with Crippen molar-refractivity contribution in [2.75, 3.05) is 7.11 Å². The van der Waals surface area contributed by atoms with Gasteiger partial charge in [-0.2, -0.15) is 0 Å². The summed E-state index contributed by atoms with van der Waals surface area (Å²) in [5, 5.41) is 2.17. The predicted molar refractivity (Wildman–Crippen MR) is 77.1 cm³/mol. The molecule has 20 heavy (non-hydrogen) atoms. The highest BCUT2D eigenvalue weighted by atomic mass is 16.6. The fourth-order valence-corrected chi connectivity index (χ4v) is 2.42. The molecule has 0 N–H and O–H groups in total. The number of methoxy groups -OCH3 is 1. The molecule has 0 aromatic heterocycles. The molecule has 0 radical (unpaired) electrons. The van der Waals surface area contributed by atoms with E-state index in [1.165, 1.54) is 0 Å². The first-order valence-electron chi connectivity index (χ1n) is 6.40. The van der Waals surface area contributed by atoms with E-state index in [0.29, 0.717) is 11.5 Å². The van der Waals surface area contributed by atoms with Gasteiger partial charge in [0.15, 0.2) is 23.0 Å². The van der Waals surface area contributed by atoms with Crippen LogP contribution in [0.4, 0.5) is 0 Å². The van der Waals surface area contributed by atoms with Crippen LogP contribution in [0.3, 0.4) is 0 Å². The van der Waals surface area contributed by atoms with Crippen LogP contribution >= 0.6 is 0 Å². The monoisotopic (exact) mass is 264 g/mol. The molecule has 4 rings (SSSR count).